The Morgan fingerprint density at radius 2 is 2.44 bits per heavy atom. The molecular weight excluding hydrogens is 118 g/mol. The van der Waals surface area contributed by atoms with Crippen LogP contribution in [0, 0.1) is 0 Å². The number of anilines is 1. The maximum absolute atomic E-state index is 10.7. The lowest BCUT2D eigenvalue weighted by molar-refractivity contribution is 0.550. The lowest BCUT2D eigenvalue weighted by atomic mass is 10.4. The molecule has 0 aromatic carbocycles. The van der Waals surface area contributed by atoms with Crippen LogP contribution in [0.3, 0.4) is 0 Å². The van der Waals surface area contributed by atoms with Crippen LogP contribution >= 0.6 is 0 Å². The zero-order valence-electron chi connectivity index (χ0n) is 5.05. The minimum absolute atomic E-state index is 0.0521. The van der Waals surface area contributed by atoms with E-state index in [4.69, 9.17) is 4.42 Å². The fourth-order valence-electron chi connectivity index (χ4n) is 0.538. The minimum atomic E-state index is -0.0521. The summed E-state index contributed by atoms with van der Waals surface area (Å²) in [6.07, 6.45) is 2.73. The normalized spacial score (nSPS) is 9.00. The largest absolute Gasteiger partial charge is 0.470 e. The lowest BCUT2D eigenvalue weighted by Crippen LogP contribution is -2.04. The summed E-state index contributed by atoms with van der Waals surface area (Å²) >= 11 is 0. The van der Waals surface area contributed by atoms with Gasteiger partial charge in [-0.05, 0) is 0 Å². The van der Waals surface area contributed by atoms with Crippen LogP contribution in [0.15, 0.2) is 27.8 Å². The SMILES string of the molecule is CNc1coccc1=O. The molecule has 0 saturated heterocycles. The van der Waals surface area contributed by atoms with Gasteiger partial charge < -0.3 is 9.73 Å². The number of rotatable bonds is 1. The molecule has 1 aromatic rings. The molecule has 0 radical (unpaired) electrons. The summed E-state index contributed by atoms with van der Waals surface area (Å²) in [7, 11) is 1.67. The van der Waals surface area contributed by atoms with Crippen LogP contribution in [0.5, 0.6) is 0 Å². The smallest absolute Gasteiger partial charge is 0.207 e. The average Bonchev–Trinajstić information content (AvgIpc) is 1.89. The van der Waals surface area contributed by atoms with Gasteiger partial charge in [-0.25, -0.2) is 0 Å². The first kappa shape index (κ1) is 5.88. The molecule has 0 atom stereocenters. The van der Waals surface area contributed by atoms with E-state index >= 15 is 0 Å². The summed E-state index contributed by atoms with van der Waals surface area (Å²) in [5.74, 6) is 0. The second kappa shape index (κ2) is 2.35. The van der Waals surface area contributed by atoms with Crippen LogP contribution in [0.25, 0.3) is 0 Å². The van der Waals surface area contributed by atoms with Crippen LogP contribution in [-0.4, -0.2) is 7.05 Å². The molecule has 0 saturated carbocycles. The maximum atomic E-state index is 10.7. The molecule has 0 aliphatic carbocycles. The monoisotopic (exact) mass is 125 g/mol. The molecule has 1 heterocycles. The predicted octanol–water partition coefficient (Wildman–Crippen LogP) is 0.681. The standard InChI is InChI=1S/C6H7NO2/c1-7-5-4-9-3-2-6(5)8/h2-4,7H,1H3. The molecule has 9 heavy (non-hydrogen) atoms. The molecule has 1 N–H and O–H groups in total. The highest BCUT2D eigenvalue weighted by atomic mass is 16.3. The summed E-state index contributed by atoms with van der Waals surface area (Å²) in [4.78, 5) is 10.7. The summed E-state index contributed by atoms with van der Waals surface area (Å²) in [5, 5.41) is 2.69. The Kier molecular flexibility index (Phi) is 1.53. The Labute approximate surface area is 52.3 Å². The molecule has 48 valence electrons. The van der Waals surface area contributed by atoms with Gasteiger partial charge in [-0.2, -0.15) is 0 Å². The molecule has 0 unspecified atom stereocenters. The second-order valence-corrected chi connectivity index (χ2v) is 1.58. The predicted molar refractivity (Wildman–Crippen MR) is 34.5 cm³/mol. The highest BCUT2D eigenvalue weighted by Gasteiger charge is 1.91. The molecule has 0 aliphatic rings. The third-order valence-electron chi connectivity index (χ3n) is 1.02. The van der Waals surface area contributed by atoms with E-state index in [1.807, 2.05) is 0 Å². The minimum Gasteiger partial charge on any atom is -0.470 e. The van der Waals surface area contributed by atoms with Crippen LogP contribution in [-0.2, 0) is 0 Å². The van der Waals surface area contributed by atoms with Crippen LogP contribution < -0.4 is 10.7 Å². The fourth-order valence-corrected chi connectivity index (χ4v) is 0.538. The average molecular weight is 125 g/mol. The molecule has 0 fully saturated rings. The van der Waals surface area contributed by atoms with Crippen LogP contribution in [0.4, 0.5) is 5.69 Å². The van der Waals surface area contributed by atoms with Gasteiger partial charge in [0.05, 0.1) is 6.26 Å². The fraction of sp³-hybridized carbons (Fsp3) is 0.167. The van der Waals surface area contributed by atoms with Gasteiger partial charge in [0, 0.05) is 13.1 Å². The zero-order valence-corrected chi connectivity index (χ0v) is 5.05. The van der Waals surface area contributed by atoms with Gasteiger partial charge in [-0.3, -0.25) is 4.79 Å². The van der Waals surface area contributed by atoms with E-state index in [0.29, 0.717) is 5.69 Å². The van der Waals surface area contributed by atoms with Crippen molar-refractivity contribution >= 4 is 5.69 Å². The zero-order chi connectivity index (χ0) is 6.69. The van der Waals surface area contributed by atoms with E-state index in [1.165, 1.54) is 18.6 Å². The first-order chi connectivity index (χ1) is 4.34. The quantitative estimate of drug-likeness (QED) is 0.600. The molecule has 0 amide bonds. The molecule has 0 spiro atoms. The maximum Gasteiger partial charge on any atom is 0.207 e. The highest BCUT2D eigenvalue weighted by Crippen LogP contribution is 1.93. The summed E-state index contributed by atoms with van der Waals surface area (Å²) < 4.78 is 4.72. The van der Waals surface area contributed by atoms with Crippen LogP contribution in [0.1, 0.15) is 0 Å². The molecule has 0 bridgehead atoms. The van der Waals surface area contributed by atoms with E-state index in [0.717, 1.165) is 0 Å². The highest BCUT2D eigenvalue weighted by molar-refractivity contribution is 5.37. The van der Waals surface area contributed by atoms with E-state index in [-0.39, 0.29) is 5.43 Å². The number of hydrogen-bond donors (Lipinski definition) is 1. The van der Waals surface area contributed by atoms with Crippen molar-refractivity contribution < 1.29 is 4.42 Å². The Balaban J connectivity index is 3.16. The molecule has 1 rings (SSSR count). The van der Waals surface area contributed by atoms with Gasteiger partial charge in [0.15, 0.2) is 0 Å². The Bertz CT molecular complexity index is 241. The van der Waals surface area contributed by atoms with Gasteiger partial charge >= 0.3 is 0 Å². The lowest BCUT2D eigenvalue weighted by Gasteiger charge is -1.92. The van der Waals surface area contributed by atoms with Crippen molar-refractivity contribution in [1.29, 1.82) is 0 Å². The van der Waals surface area contributed by atoms with Crippen molar-refractivity contribution in [2.75, 3.05) is 12.4 Å². The van der Waals surface area contributed by atoms with Gasteiger partial charge in [0.1, 0.15) is 12.0 Å². The number of hydrogen-bond acceptors (Lipinski definition) is 3. The van der Waals surface area contributed by atoms with Crippen molar-refractivity contribution in [3.05, 3.63) is 28.8 Å². The van der Waals surface area contributed by atoms with E-state index in [2.05, 4.69) is 5.32 Å². The third-order valence-corrected chi connectivity index (χ3v) is 1.02. The molecule has 3 heteroatoms. The Morgan fingerprint density at radius 3 is 2.89 bits per heavy atom. The van der Waals surface area contributed by atoms with Crippen molar-refractivity contribution in [2.24, 2.45) is 0 Å². The second-order valence-electron chi connectivity index (χ2n) is 1.58. The summed E-state index contributed by atoms with van der Waals surface area (Å²) in [5.41, 5.74) is 0.432. The third kappa shape index (κ3) is 1.10. The summed E-state index contributed by atoms with van der Waals surface area (Å²) in [6, 6.07) is 1.37. The van der Waals surface area contributed by atoms with Crippen molar-refractivity contribution in [3.63, 3.8) is 0 Å². The molecule has 3 nitrogen and oxygen atoms in total. The Morgan fingerprint density at radius 1 is 1.67 bits per heavy atom. The molecule has 0 aliphatic heterocycles. The van der Waals surface area contributed by atoms with E-state index in [9.17, 15) is 4.79 Å². The van der Waals surface area contributed by atoms with Crippen molar-refractivity contribution in [3.8, 4) is 0 Å². The topological polar surface area (TPSA) is 42.2 Å². The van der Waals surface area contributed by atoms with Gasteiger partial charge in [-0.15, -0.1) is 0 Å². The Hall–Kier alpha value is -1.25. The van der Waals surface area contributed by atoms with E-state index < -0.39 is 0 Å². The van der Waals surface area contributed by atoms with Gasteiger partial charge in [0.2, 0.25) is 5.43 Å². The van der Waals surface area contributed by atoms with Crippen LogP contribution in [0.2, 0.25) is 0 Å². The molecule has 1 aromatic heterocycles. The first-order valence-electron chi connectivity index (χ1n) is 2.59. The van der Waals surface area contributed by atoms with Gasteiger partial charge in [-0.1, -0.05) is 0 Å². The van der Waals surface area contributed by atoms with Crippen molar-refractivity contribution in [2.45, 2.75) is 0 Å². The first-order valence-corrected chi connectivity index (χ1v) is 2.59. The molecular formula is C6H7NO2. The van der Waals surface area contributed by atoms with E-state index in [1.54, 1.807) is 7.05 Å². The van der Waals surface area contributed by atoms with Gasteiger partial charge in [0.25, 0.3) is 0 Å². The number of nitrogens with one attached hydrogen (secondary N) is 1. The summed E-state index contributed by atoms with van der Waals surface area (Å²) in [6.45, 7) is 0. The van der Waals surface area contributed by atoms with Crippen molar-refractivity contribution in [1.82, 2.24) is 0 Å².